The van der Waals surface area contributed by atoms with Gasteiger partial charge in [-0.25, -0.2) is 8.78 Å². The fourth-order valence-electron chi connectivity index (χ4n) is 1.97. The molecule has 0 heterocycles. The number of halogens is 2. The molecular formula is C11H18F2O2. The standard InChI is InChI=1S/C11H18F2O2/c1-8(14)9-3-5-10(6-4-9)15-11(2,13)7-12/h9-10H,3-7H2,1-2H3. The summed E-state index contributed by atoms with van der Waals surface area (Å²) in [5.41, 5.74) is 0. The molecule has 0 aromatic rings. The van der Waals surface area contributed by atoms with Crippen molar-refractivity contribution in [3.63, 3.8) is 0 Å². The van der Waals surface area contributed by atoms with Crippen LogP contribution in [0.1, 0.15) is 39.5 Å². The van der Waals surface area contributed by atoms with Gasteiger partial charge >= 0.3 is 0 Å². The summed E-state index contributed by atoms with van der Waals surface area (Å²) in [7, 11) is 0. The third-order valence-corrected chi connectivity index (χ3v) is 2.90. The lowest BCUT2D eigenvalue weighted by Gasteiger charge is -2.30. The van der Waals surface area contributed by atoms with Crippen LogP contribution >= 0.6 is 0 Å². The van der Waals surface area contributed by atoms with E-state index < -0.39 is 12.5 Å². The fourth-order valence-corrected chi connectivity index (χ4v) is 1.97. The van der Waals surface area contributed by atoms with Gasteiger partial charge in [-0.1, -0.05) is 0 Å². The van der Waals surface area contributed by atoms with E-state index in [0.717, 1.165) is 19.8 Å². The average Bonchev–Trinajstić information content (AvgIpc) is 2.18. The van der Waals surface area contributed by atoms with E-state index >= 15 is 0 Å². The number of hydrogen-bond donors (Lipinski definition) is 0. The average molecular weight is 220 g/mol. The van der Waals surface area contributed by atoms with Gasteiger partial charge in [0.1, 0.15) is 12.5 Å². The molecule has 88 valence electrons. The van der Waals surface area contributed by atoms with Gasteiger partial charge in [0.2, 0.25) is 5.85 Å². The maximum Gasteiger partial charge on any atom is 0.235 e. The Hall–Kier alpha value is -0.510. The van der Waals surface area contributed by atoms with Crippen LogP contribution in [0.2, 0.25) is 0 Å². The SMILES string of the molecule is CC(=O)C1CCC(OC(C)(F)CF)CC1. The molecule has 0 amide bonds. The van der Waals surface area contributed by atoms with E-state index in [1.165, 1.54) is 0 Å². The summed E-state index contributed by atoms with van der Waals surface area (Å²) >= 11 is 0. The molecule has 1 fully saturated rings. The maximum atomic E-state index is 13.2. The van der Waals surface area contributed by atoms with Crippen LogP contribution in [-0.2, 0) is 9.53 Å². The highest BCUT2D eigenvalue weighted by atomic mass is 19.2. The molecule has 1 aliphatic rings. The first-order chi connectivity index (χ1) is 6.94. The normalized spacial score (nSPS) is 30.9. The van der Waals surface area contributed by atoms with Gasteiger partial charge in [-0.05, 0) is 39.5 Å². The lowest BCUT2D eigenvalue weighted by molar-refractivity contribution is -0.184. The Morgan fingerprint density at radius 3 is 2.33 bits per heavy atom. The largest absolute Gasteiger partial charge is 0.341 e. The van der Waals surface area contributed by atoms with Gasteiger partial charge in [0, 0.05) is 5.92 Å². The summed E-state index contributed by atoms with van der Waals surface area (Å²) in [6.45, 7) is 1.55. The Balaban J connectivity index is 2.35. The summed E-state index contributed by atoms with van der Waals surface area (Å²) < 4.78 is 30.4. The van der Waals surface area contributed by atoms with Crippen molar-refractivity contribution in [3.05, 3.63) is 0 Å². The molecule has 1 rings (SSSR count). The number of rotatable bonds is 4. The van der Waals surface area contributed by atoms with Crippen LogP contribution < -0.4 is 0 Å². The zero-order valence-electron chi connectivity index (χ0n) is 9.26. The molecule has 0 aliphatic heterocycles. The minimum atomic E-state index is -2.17. The second kappa shape index (κ2) is 5.01. The summed E-state index contributed by atoms with van der Waals surface area (Å²) in [6.07, 6.45) is 2.49. The number of carbonyl (C=O) groups excluding carboxylic acids is 1. The van der Waals surface area contributed by atoms with E-state index in [4.69, 9.17) is 4.74 Å². The van der Waals surface area contributed by atoms with Crippen molar-refractivity contribution in [3.8, 4) is 0 Å². The van der Waals surface area contributed by atoms with Crippen LogP contribution in [0.4, 0.5) is 8.78 Å². The van der Waals surface area contributed by atoms with Crippen LogP contribution in [0.3, 0.4) is 0 Å². The van der Waals surface area contributed by atoms with E-state index in [1.807, 2.05) is 0 Å². The van der Waals surface area contributed by atoms with Crippen LogP contribution in [-0.4, -0.2) is 24.4 Å². The lowest BCUT2D eigenvalue weighted by Crippen LogP contribution is -2.34. The first-order valence-corrected chi connectivity index (χ1v) is 5.38. The van der Waals surface area contributed by atoms with Crippen molar-refractivity contribution in [1.29, 1.82) is 0 Å². The van der Waals surface area contributed by atoms with Crippen LogP contribution in [0, 0.1) is 5.92 Å². The second-order valence-electron chi connectivity index (χ2n) is 4.44. The molecule has 0 aromatic heterocycles. The van der Waals surface area contributed by atoms with Gasteiger partial charge in [-0.2, -0.15) is 0 Å². The van der Waals surface area contributed by atoms with Crippen molar-refractivity contribution in [1.82, 2.24) is 0 Å². The van der Waals surface area contributed by atoms with Crippen molar-refractivity contribution < 1.29 is 18.3 Å². The Bertz CT molecular complexity index is 221. The Morgan fingerprint density at radius 2 is 1.93 bits per heavy atom. The van der Waals surface area contributed by atoms with Crippen molar-refractivity contribution in [2.75, 3.05) is 6.67 Å². The molecule has 1 saturated carbocycles. The topological polar surface area (TPSA) is 26.3 Å². The van der Waals surface area contributed by atoms with Gasteiger partial charge in [0.15, 0.2) is 0 Å². The van der Waals surface area contributed by atoms with E-state index in [2.05, 4.69) is 0 Å². The van der Waals surface area contributed by atoms with E-state index in [-0.39, 0.29) is 17.8 Å². The highest BCUT2D eigenvalue weighted by molar-refractivity contribution is 5.78. The molecule has 0 bridgehead atoms. The molecule has 0 aromatic carbocycles. The lowest BCUT2D eigenvalue weighted by atomic mass is 9.85. The quantitative estimate of drug-likeness (QED) is 0.728. The van der Waals surface area contributed by atoms with Crippen LogP contribution in [0.25, 0.3) is 0 Å². The van der Waals surface area contributed by atoms with Crippen LogP contribution in [0.5, 0.6) is 0 Å². The summed E-state index contributed by atoms with van der Waals surface area (Å²) in [5.74, 6) is -1.91. The zero-order valence-corrected chi connectivity index (χ0v) is 9.26. The third kappa shape index (κ3) is 3.86. The molecule has 1 aliphatic carbocycles. The third-order valence-electron chi connectivity index (χ3n) is 2.90. The number of Topliss-reactive ketones (excluding diaryl/α,β-unsaturated/α-hetero) is 1. The zero-order chi connectivity index (χ0) is 11.5. The summed E-state index contributed by atoms with van der Waals surface area (Å²) in [4.78, 5) is 11.1. The van der Waals surface area contributed by atoms with E-state index in [0.29, 0.717) is 12.8 Å². The number of hydrogen-bond acceptors (Lipinski definition) is 2. The highest BCUT2D eigenvalue weighted by Gasteiger charge is 2.31. The minimum absolute atomic E-state index is 0.0843. The molecule has 1 unspecified atom stereocenters. The van der Waals surface area contributed by atoms with Gasteiger partial charge in [-0.15, -0.1) is 0 Å². The van der Waals surface area contributed by atoms with Gasteiger partial charge in [0.25, 0.3) is 0 Å². The molecule has 1 atom stereocenters. The molecule has 4 heteroatoms. The molecule has 0 radical (unpaired) electrons. The van der Waals surface area contributed by atoms with Crippen molar-refractivity contribution in [2.24, 2.45) is 5.92 Å². The second-order valence-corrected chi connectivity index (χ2v) is 4.44. The minimum Gasteiger partial charge on any atom is -0.341 e. The fraction of sp³-hybridized carbons (Fsp3) is 0.909. The van der Waals surface area contributed by atoms with Gasteiger partial charge in [-0.3, -0.25) is 4.79 Å². The highest BCUT2D eigenvalue weighted by Crippen LogP contribution is 2.30. The number of alkyl halides is 2. The molecule has 0 spiro atoms. The van der Waals surface area contributed by atoms with Crippen molar-refractivity contribution in [2.45, 2.75) is 51.5 Å². The summed E-state index contributed by atoms with van der Waals surface area (Å²) in [5, 5.41) is 0. The molecular weight excluding hydrogens is 202 g/mol. The Kier molecular flexibility index (Phi) is 4.20. The van der Waals surface area contributed by atoms with E-state index in [9.17, 15) is 13.6 Å². The van der Waals surface area contributed by atoms with Crippen molar-refractivity contribution >= 4 is 5.78 Å². The first kappa shape index (κ1) is 12.6. The predicted molar refractivity (Wildman–Crippen MR) is 53.0 cm³/mol. The molecule has 0 N–H and O–H groups in total. The Labute approximate surface area is 89.0 Å². The molecule has 0 saturated heterocycles. The molecule has 2 nitrogen and oxygen atoms in total. The van der Waals surface area contributed by atoms with E-state index in [1.54, 1.807) is 6.92 Å². The maximum absolute atomic E-state index is 13.2. The monoisotopic (exact) mass is 220 g/mol. The Morgan fingerprint density at radius 1 is 1.40 bits per heavy atom. The predicted octanol–water partition coefficient (Wildman–Crippen LogP) is 2.81. The van der Waals surface area contributed by atoms with Gasteiger partial charge < -0.3 is 4.74 Å². The first-order valence-electron chi connectivity index (χ1n) is 5.38. The number of ether oxygens (including phenoxy) is 1. The van der Waals surface area contributed by atoms with Crippen LogP contribution in [0.15, 0.2) is 0 Å². The van der Waals surface area contributed by atoms with Gasteiger partial charge in [0.05, 0.1) is 6.10 Å². The molecule has 15 heavy (non-hydrogen) atoms. The summed E-state index contributed by atoms with van der Waals surface area (Å²) in [6, 6.07) is 0. The number of ketones is 1. The smallest absolute Gasteiger partial charge is 0.235 e. The number of carbonyl (C=O) groups is 1.